The van der Waals surface area contributed by atoms with Crippen LogP contribution >= 0.6 is 15.9 Å². The summed E-state index contributed by atoms with van der Waals surface area (Å²) < 4.78 is 38.4. The molecule has 1 aromatic carbocycles. The first-order valence-corrected chi connectivity index (χ1v) is 6.19. The highest BCUT2D eigenvalue weighted by atomic mass is 79.9. The number of hydrogen-bond donors (Lipinski definition) is 1. The minimum atomic E-state index is -3.58. The molecular weight excluding hydrogens is 273 g/mol. The Morgan fingerprint density at radius 3 is 2.57 bits per heavy atom. The average molecular weight is 282 g/mol. The topological polar surface area (TPSA) is 46.2 Å². The third kappa shape index (κ3) is 2.76. The monoisotopic (exact) mass is 281 g/mol. The number of halogens is 2. The van der Waals surface area contributed by atoms with E-state index in [0.717, 1.165) is 6.07 Å². The fraction of sp³-hybridized carbons (Fsp3) is 0.250. The molecule has 78 valence electrons. The minimum Gasteiger partial charge on any atom is -0.211 e. The molecule has 0 spiro atoms. The zero-order valence-electron chi connectivity index (χ0n) is 7.42. The molecule has 0 aromatic heterocycles. The van der Waals surface area contributed by atoms with E-state index < -0.39 is 15.8 Å². The first-order chi connectivity index (χ1) is 6.45. The number of sulfonamides is 1. The molecule has 0 aliphatic rings. The van der Waals surface area contributed by atoms with Crippen LogP contribution < -0.4 is 4.72 Å². The molecule has 0 amide bonds. The second kappa shape index (κ2) is 4.37. The normalized spacial score (nSPS) is 11.6. The van der Waals surface area contributed by atoms with Crippen molar-refractivity contribution in [2.45, 2.75) is 11.8 Å². The van der Waals surface area contributed by atoms with E-state index in [0.29, 0.717) is 4.47 Å². The van der Waals surface area contributed by atoms with Crippen molar-refractivity contribution in [3.63, 3.8) is 0 Å². The predicted octanol–water partition coefficient (Wildman–Crippen LogP) is 1.89. The molecule has 0 unspecified atom stereocenters. The number of hydrogen-bond acceptors (Lipinski definition) is 2. The summed E-state index contributed by atoms with van der Waals surface area (Å²) in [5, 5.41) is 0. The summed E-state index contributed by atoms with van der Waals surface area (Å²) >= 11 is 3.02. The molecule has 0 aliphatic carbocycles. The first-order valence-electron chi connectivity index (χ1n) is 3.91. The molecule has 14 heavy (non-hydrogen) atoms. The van der Waals surface area contributed by atoms with Gasteiger partial charge in [-0.3, -0.25) is 0 Å². The van der Waals surface area contributed by atoms with Crippen LogP contribution in [0.4, 0.5) is 4.39 Å². The van der Waals surface area contributed by atoms with Crippen LogP contribution in [0.15, 0.2) is 27.6 Å². The van der Waals surface area contributed by atoms with Crippen LogP contribution in [0.1, 0.15) is 6.92 Å². The maximum atomic E-state index is 12.9. The van der Waals surface area contributed by atoms with E-state index in [1.807, 2.05) is 0 Å². The molecule has 0 bridgehead atoms. The molecule has 0 radical (unpaired) electrons. The van der Waals surface area contributed by atoms with Gasteiger partial charge in [0.2, 0.25) is 10.0 Å². The van der Waals surface area contributed by atoms with Gasteiger partial charge in [-0.2, -0.15) is 0 Å². The summed E-state index contributed by atoms with van der Waals surface area (Å²) in [6, 6.07) is 3.52. The van der Waals surface area contributed by atoms with Gasteiger partial charge in [0.15, 0.2) is 0 Å². The molecule has 0 saturated heterocycles. The molecular formula is C8H9BrFNO2S. The van der Waals surface area contributed by atoms with Gasteiger partial charge in [-0.1, -0.05) is 22.9 Å². The van der Waals surface area contributed by atoms with Gasteiger partial charge in [-0.25, -0.2) is 17.5 Å². The van der Waals surface area contributed by atoms with Gasteiger partial charge in [0.05, 0.1) is 4.90 Å². The third-order valence-corrected chi connectivity index (χ3v) is 3.46. The fourth-order valence-electron chi connectivity index (χ4n) is 0.957. The van der Waals surface area contributed by atoms with Crippen LogP contribution in [0.25, 0.3) is 0 Å². The quantitative estimate of drug-likeness (QED) is 0.920. The van der Waals surface area contributed by atoms with Crippen molar-refractivity contribution in [1.82, 2.24) is 4.72 Å². The van der Waals surface area contributed by atoms with Crippen LogP contribution in [0, 0.1) is 5.82 Å². The van der Waals surface area contributed by atoms with E-state index in [4.69, 9.17) is 0 Å². The Kier molecular flexibility index (Phi) is 3.63. The molecule has 0 aliphatic heterocycles. The summed E-state index contributed by atoms with van der Waals surface area (Å²) in [6.45, 7) is 1.93. The number of nitrogens with one attached hydrogen (secondary N) is 1. The fourth-order valence-corrected chi connectivity index (χ4v) is 2.67. The molecule has 0 saturated carbocycles. The largest absolute Gasteiger partial charge is 0.240 e. The SMILES string of the molecule is CCNS(=O)(=O)c1cc(F)cc(Br)c1. The summed E-state index contributed by atoms with van der Waals surface area (Å²) in [5.74, 6) is -0.587. The number of benzene rings is 1. The van der Waals surface area contributed by atoms with Crippen LogP contribution in [0.3, 0.4) is 0 Å². The highest BCUT2D eigenvalue weighted by molar-refractivity contribution is 9.10. The van der Waals surface area contributed by atoms with Crippen molar-refractivity contribution in [1.29, 1.82) is 0 Å². The van der Waals surface area contributed by atoms with Crippen molar-refractivity contribution in [3.05, 3.63) is 28.5 Å². The van der Waals surface area contributed by atoms with Gasteiger partial charge < -0.3 is 0 Å². The second-order valence-corrected chi connectivity index (χ2v) is 5.29. The Labute approximate surface area is 90.5 Å². The lowest BCUT2D eigenvalue weighted by Crippen LogP contribution is -2.23. The Bertz CT molecular complexity index is 413. The standard InChI is InChI=1S/C8H9BrFNO2S/c1-2-11-14(12,13)8-4-6(9)3-7(10)5-8/h3-5,11H,2H2,1H3. The van der Waals surface area contributed by atoms with Gasteiger partial charge in [-0.15, -0.1) is 0 Å². The lowest BCUT2D eigenvalue weighted by atomic mass is 10.3. The lowest BCUT2D eigenvalue weighted by molar-refractivity contribution is 0.579. The maximum Gasteiger partial charge on any atom is 0.240 e. The van der Waals surface area contributed by atoms with E-state index >= 15 is 0 Å². The van der Waals surface area contributed by atoms with Crippen LogP contribution in [0.5, 0.6) is 0 Å². The lowest BCUT2D eigenvalue weighted by Gasteiger charge is -2.04. The van der Waals surface area contributed by atoms with E-state index in [-0.39, 0.29) is 11.4 Å². The van der Waals surface area contributed by atoms with Crippen LogP contribution in [-0.4, -0.2) is 15.0 Å². The Morgan fingerprint density at radius 2 is 2.07 bits per heavy atom. The minimum absolute atomic E-state index is 0.0776. The second-order valence-electron chi connectivity index (χ2n) is 2.61. The first kappa shape index (κ1) is 11.6. The maximum absolute atomic E-state index is 12.9. The highest BCUT2D eigenvalue weighted by Gasteiger charge is 2.13. The number of rotatable bonds is 3. The van der Waals surface area contributed by atoms with E-state index in [1.165, 1.54) is 12.1 Å². The molecule has 0 heterocycles. The molecule has 1 aromatic rings. The van der Waals surface area contributed by atoms with E-state index in [2.05, 4.69) is 20.7 Å². The van der Waals surface area contributed by atoms with Crippen molar-refractivity contribution >= 4 is 26.0 Å². The third-order valence-electron chi connectivity index (χ3n) is 1.48. The Morgan fingerprint density at radius 1 is 1.43 bits per heavy atom. The zero-order chi connectivity index (χ0) is 10.8. The molecule has 0 fully saturated rings. The predicted molar refractivity (Wildman–Crippen MR) is 55.0 cm³/mol. The van der Waals surface area contributed by atoms with E-state index in [1.54, 1.807) is 6.92 Å². The highest BCUT2D eigenvalue weighted by Crippen LogP contribution is 2.18. The summed E-state index contributed by atoms with van der Waals surface area (Å²) in [7, 11) is -3.58. The average Bonchev–Trinajstić information content (AvgIpc) is 2.02. The van der Waals surface area contributed by atoms with Crippen molar-refractivity contribution in [3.8, 4) is 0 Å². The van der Waals surface area contributed by atoms with Gasteiger partial charge >= 0.3 is 0 Å². The van der Waals surface area contributed by atoms with Gasteiger partial charge in [0.25, 0.3) is 0 Å². The molecule has 6 heteroatoms. The summed E-state index contributed by atoms with van der Waals surface area (Å²) in [4.78, 5) is -0.0776. The van der Waals surface area contributed by atoms with E-state index in [9.17, 15) is 12.8 Å². The smallest absolute Gasteiger partial charge is 0.211 e. The summed E-state index contributed by atoms with van der Waals surface area (Å²) in [5.41, 5.74) is 0. The van der Waals surface area contributed by atoms with Gasteiger partial charge in [-0.05, 0) is 18.2 Å². The molecule has 0 atom stereocenters. The summed E-state index contributed by atoms with van der Waals surface area (Å²) in [6.07, 6.45) is 0. The molecule has 1 rings (SSSR count). The Balaban J connectivity index is 3.19. The van der Waals surface area contributed by atoms with Crippen LogP contribution in [-0.2, 0) is 10.0 Å². The van der Waals surface area contributed by atoms with Gasteiger partial charge in [0, 0.05) is 11.0 Å². The van der Waals surface area contributed by atoms with Crippen LogP contribution in [0.2, 0.25) is 0 Å². The zero-order valence-corrected chi connectivity index (χ0v) is 9.82. The van der Waals surface area contributed by atoms with Crippen molar-refractivity contribution in [2.24, 2.45) is 0 Å². The van der Waals surface area contributed by atoms with Crippen molar-refractivity contribution in [2.75, 3.05) is 6.54 Å². The molecule has 3 nitrogen and oxygen atoms in total. The molecule has 1 N–H and O–H groups in total. The van der Waals surface area contributed by atoms with Crippen molar-refractivity contribution < 1.29 is 12.8 Å². The Hall–Kier alpha value is -0.460. The van der Waals surface area contributed by atoms with Gasteiger partial charge in [0.1, 0.15) is 5.82 Å².